The first kappa shape index (κ1) is 34.4. The normalized spacial score (nSPS) is 12.0. The van der Waals surface area contributed by atoms with E-state index >= 15 is 0 Å². The Balaban J connectivity index is 1.35. The van der Waals surface area contributed by atoms with Gasteiger partial charge in [-0.05, 0) is 95.8 Å². The average Bonchev–Trinajstić information content (AvgIpc) is 3.23. The number of amidine groups is 1. The lowest BCUT2D eigenvalue weighted by Gasteiger charge is -2.24. The minimum absolute atomic E-state index is 0.00416. The quantitative estimate of drug-likeness (QED) is 0.103. The van der Waals surface area contributed by atoms with Gasteiger partial charge in [0.15, 0.2) is 0 Å². The summed E-state index contributed by atoms with van der Waals surface area (Å²) in [4.78, 5) is 13.7. The number of benzene rings is 5. The smallest absolute Gasteiger partial charge is 0.130 e. The fraction of sp³-hybridized carbons (Fsp3) is 0.0816. The molecule has 1 unspecified atom stereocenters. The summed E-state index contributed by atoms with van der Waals surface area (Å²) in [5.41, 5.74) is 11.4. The number of hydrogen-bond donors (Lipinski definition) is 1. The molecule has 0 aliphatic heterocycles. The van der Waals surface area contributed by atoms with Gasteiger partial charge in [0.25, 0.3) is 0 Å². The Labute approximate surface area is 312 Å². The van der Waals surface area contributed by atoms with Crippen molar-refractivity contribution in [2.45, 2.75) is 25.9 Å². The highest BCUT2D eigenvalue weighted by atomic mass is 15.0. The van der Waals surface area contributed by atoms with E-state index in [1.54, 1.807) is 24.8 Å². The second kappa shape index (κ2) is 16.8. The molecule has 5 aromatic carbocycles. The van der Waals surface area contributed by atoms with Gasteiger partial charge in [-0.15, -0.1) is 0 Å². The zero-order valence-electron chi connectivity index (χ0n) is 29.7. The highest BCUT2D eigenvalue weighted by Gasteiger charge is 2.21. The Morgan fingerprint density at radius 1 is 0.472 bits per heavy atom. The predicted molar refractivity (Wildman–Crippen MR) is 217 cm³/mol. The molecule has 2 heterocycles. The van der Waals surface area contributed by atoms with Crippen molar-refractivity contribution < 1.29 is 0 Å². The summed E-state index contributed by atoms with van der Waals surface area (Å²) in [5.74, 6) is 13.9. The van der Waals surface area contributed by atoms with Crippen LogP contribution in [0.2, 0.25) is 0 Å². The molecule has 4 heteroatoms. The first-order valence-corrected chi connectivity index (χ1v) is 17.7. The van der Waals surface area contributed by atoms with Gasteiger partial charge in [0, 0.05) is 58.6 Å². The summed E-state index contributed by atoms with van der Waals surface area (Å²) >= 11 is 0. The third-order valence-electron chi connectivity index (χ3n) is 9.01. The minimum atomic E-state index is -0.0979. The molecule has 4 nitrogen and oxygen atoms in total. The summed E-state index contributed by atoms with van der Waals surface area (Å²) < 4.78 is 0. The van der Waals surface area contributed by atoms with Gasteiger partial charge in [-0.2, -0.15) is 0 Å². The van der Waals surface area contributed by atoms with Crippen molar-refractivity contribution in [1.82, 2.24) is 15.3 Å². The molecule has 0 aliphatic carbocycles. The molecule has 0 bridgehead atoms. The van der Waals surface area contributed by atoms with E-state index in [0.717, 1.165) is 61.5 Å². The van der Waals surface area contributed by atoms with Crippen LogP contribution in [0.15, 0.2) is 181 Å². The van der Waals surface area contributed by atoms with Crippen LogP contribution < -0.4 is 5.32 Å². The van der Waals surface area contributed by atoms with E-state index in [1.165, 1.54) is 5.56 Å². The molecular weight excluding hydrogens is 645 g/mol. The standard InChI is InChI=1S/C49H38N4/c1-36(42-10-5-3-6-11-42)52-49(53-37(2)43-12-7-4-8-13-43)48-46(44-24-20-38(21-25-44)16-18-40-28-32-50-33-29-40)14-9-15-47(48)45-26-22-39(23-27-45)17-19-41-30-34-51-35-31-41/h3-15,20-37H,1-2H3,(H,52,53)/t36-,37?/m0/s1. The number of rotatable bonds is 7. The van der Waals surface area contributed by atoms with Gasteiger partial charge < -0.3 is 5.32 Å². The Bertz CT molecular complexity index is 2300. The van der Waals surface area contributed by atoms with E-state index in [-0.39, 0.29) is 12.1 Å². The molecule has 7 rings (SSSR count). The Hall–Kier alpha value is -7.01. The molecule has 53 heavy (non-hydrogen) atoms. The van der Waals surface area contributed by atoms with E-state index in [1.807, 2.05) is 36.4 Å². The van der Waals surface area contributed by atoms with Gasteiger partial charge in [-0.1, -0.05) is 127 Å². The van der Waals surface area contributed by atoms with Crippen LogP contribution >= 0.6 is 0 Å². The highest BCUT2D eigenvalue weighted by molar-refractivity contribution is 6.10. The lowest BCUT2D eigenvalue weighted by atomic mass is 9.89. The monoisotopic (exact) mass is 682 g/mol. The van der Waals surface area contributed by atoms with E-state index in [9.17, 15) is 0 Å². The number of aromatic nitrogens is 2. The van der Waals surface area contributed by atoms with Crippen LogP contribution in [0.4, 0.5) is 0 Å². The second-order valence-electron chi connectivity index (χ2n) is 12.7. The number of pyridine rings is 2. The minimum Gasteiger partial charge on any atom is -0.363 e. The van der Waals surface area contributed by atoms with E-state index < -0.39 is 0 Å². The van der Waals surface area contributed by atoms with Crippen molar-refractivity contribution in [3.05, 3.63) is 215 Å². The molecule has 7 aromatic rings. The number of nitrogens with one attached hydrogen (secondary N) is 1. The molecule has 0 fully saturated rings. The zero-order valence-corrected chi connectivity index (χ0v) is 29.7. The van der Waals surface area contributed by atoms with Crippen molar-refractivity contribution >= 4 is 5.84 Å². The van der Waals surface area contributed by atoms with Gasteiger partial charge in [0.05, 0.1) is 6.04 Å². The Morgan fingerprint density at radius 2 is 0.887 bits per heavy atom. The van der Waals surface area contributed by atoms with Crippen LogP contribution in [-0.4, -0.2) is 15.8 Å². The van der Waals surface area contributed by atoms with Crippen molar-refractivity contribution in [3.63, 3.8) is 0 Å². The van der Waals surface area contributed by atoms with Crippen LogP contribution in [0.25, 0.3) is 22.3 Å². The van der Waals surface area contributed by atoms with Crippen molar-refractivity contribution in [1.29, 1.82) is 0 Å². The lowest BCUT2D eigenvalue weighted by molar-refractivity contribution is 0.703. The molecule has 0 saturated heterocycles. The molecule has 2 atom stereocenters. The summed E-state index contributed by atoms with van der Waals surface area (Å²) in [6, 6.07) is 51.9. The number of nitrogens with zero attached hydrogens (tertiary/aromatic N) is 3. The molecule has 254 valence electrons. The maximum atomic E-state index is 5.47. The maximum absolute atomic E-state index is 5.47. The SMILES string of the molecule is CC(NC(=N[C@@H](C)c1ccccc1)c1c(-c2ccc(C#Cc3ccncc3)cc2)cccc1-c1ccc(C#Cc2ccncc2)cc1)c1ccccc1. The van der Waals surface area contributed by atoms with E-state index in [0.29, 0.717) is 0 Å². The van der Waals surface area contributed by atoms with Crippen LogP contribution in [0.3, 0.4) is 0 Å². The average molecular weight is 683 g/mol. The summed E-state index contributed by atoms with van der Waals surface area (Å²) in [6.45, 7) is 4.34. The topological polar surface area (TPSA) is 50.2 Å². The second-order valence-corrected chi connectivity index (χ2v) is 12.7. The molecule has 0 amide bonds. The highest BCUT2D eigenvalue weighted by Crippen LogP contribution is 2.35. The fourth-order valence-electron chi connectivity index (χ4n) is 6.12. The molecule has 0 spiro atoms. The van der Waals surface area contributed by atoms with Gasteiger partial charge in [0.2, 0.25) is 0 Å². The van der Waals surface area contributed by atoms with Crippen molar-refractivity contribution in [2.75, 3.05) is 0 Å². The van der Waals surface area contributed by atoms with Gasteiger partial charge in [-0.25, -0.2) is 0 Å². The third-order valence-corrected chi connectivity index (χ3v) is 9.01. The Kier molecular flexibility index (Phi) is 10.9. The first-order chi connectivity index (χ1) is 26.1. The van der Waals surface area contributed by atoms with Crippen LogP contribution in [0.1, 0.15) is 64.9 Å². The van der Waals surface area contributed by atoms with Crippen LogP contribution in [-0.2, 0) is 0 Å². The Morgan fingerprint density at radius 3 is 1.34 bits per heavy atom. The van der Waals surface area contributed by atoms with E-state index in [2.05, 4.69) is 168 Å². The third kappa shape index (κ3) is 8.84. The summed E-state index contributed by atoms with van der Waals surface area (Å²) in [5, 5.41) is 3.87. The summed E-state index contributed by atoms with van der Waals surface area (Å²) in [7, 11) is 0. The van der Waals surface area contributed by atoms with Gasteiger partial charge >= 0.3 is 0 Å². The lowest BCUT2D eigenvalue weighted by Crippen LogP contribution is -2.29. The van der Waals surface area contributed by atoms with Crippen molar-refractivity contribution in [2.24, 2.45) is 4.99 Å². The first-order valence-electron chi connectivity index (χ1n) is 17.7. The predicted octanol–water partition coefficient (Wildman–Crippen LogP) is 10.5. The fourth-order valence-corrected chi connectivity index (χ4v) is 6.12. The summed E-state index contributed by atoms with van der Waals surface area (Å²) in [6.07, 6.45) is 7.04. The molecule has 0 aliphatic rings. The van der Waals surface area contributed by atoms with Gasteiger partial charge in [-0.3, -0.25) is 15.0 Å². The van der Waals surface area contributed by atoms with Crippen LogP contribution in [0, 0.1) is 23.7 Å². The molecule has 2 aromatic heterocycles. The van der Waals surface area contributed by atoms with Gasteiger partial charge in [0.1, 0.15) is 5.84 Å². The largest absolute Gasteiger partial charge is 0.363 e. The number of aliphatic imine (C=N–C) groups is 1. The van der Waals surface area contributed by atoms with Crippen molar-refractivity contribution in [3.8, 4) is 45.9 Å². The molecule has 1 N–H and O–H groups in total. The van der Waals surface area contributed by atoms with Crippen LogP contribution in [0.5, 0.6) is 0 Å². The zero-order chi connectivity index (χ0) is 36.2. The molecule has 0 radical (unpaired) electrons. The molecular formula is C49H38N4. The van der Waals surface area contributed by atoms with E-state index in [4.69, 9.17) is 4.99 Å². The number of hydrogen-bond acceptors (Lipinski definition) is 3. The maximum Gasteiger partial charge on any atom is 0.130 e. The molecule has 0 saturated carbocycles.